The topological polar surface area (TPSA) is 32.3 Å². The van der Waals surface area contributed by atoms with E-state index in [1.807, 2.05) is 20.8 Å². The zero-order valence-corrected chi connectivity index (χ0v) is 13.8. The number of nitrogens with one attached hydrogen (secondary N) is 1. The highest BCUT2D eigenvalue weighted by molar-refractivity contribution is 5.79. The lowest BCUT2D eigenvalue weighted by Crippen LogP contribution is -2.48. The summed E-state index contributed by atoms with van der Waals surface area (Å²) in [6.45, 7) is 11.2. The number of likely N-dealkylation sites (tertiary alicyclic amines) is 1. The number of carbonyl (C=O) groups is 1. The van der Waals surface area contributed by atoms with Crippen molar-refractivity contribution < 1.29 is 4.79 Å². The summed E-state index contributed by atoms with van der Waals surface area (Å²) in [6, 6.07) is 8.52. The van der Waals surface area contributed by atoms with Crippen LogP contribution in [0.3, 0.4) is 0 Å². The SMILES string of the molecule is Cc1ccccc1CN1CCCC(C(=O)NC(C)(C)C)C1. The van der Waals surface area contributed by atoms with Crippen molar-refractivity contribution in [2.75, 3.05) is 13.1 Å². The Balaban J connectivity index is 1.95. The number of amides is 1. The summed E-state index contributed by atoms with van der Waals surface area (Å²) in [5.41, 5.74) is 2.56. The second-order valence-electron chi connectivity index (χ2n) is 7.24. The zero-order chi connectivity index (χ0) is 15.5. The van der Waals surface area contributed by atoms with Gasteiger partial charge in [0.05, 0.1) is 5.92 Å². The van der Waals surface area contributed by atoms with Crippen molar-refractivity contribution in [3.63, 3.8) is 0 Å². The van der Waals surface area contributed by atoms with Gasteiger partial charge in [-0.15, -0.1) is 0 Å². The van der Waals surface area contributed by atoms with Gasteiger partial charge in [0.15, 0.2) is 0 Å². The van der Waals surface area contributed by atoms with Crippen molar-refractivity contribution in [2.45, 2.75) is 52.6 Å². The molecular weight excluding hydrogens is 260 g/mol. The summed E-state index contributed by atoms with van der Waals surface area (Å²) in [5, 5.41) is 3.12. The molecule has 0 radical (unpaired) electrons. The van der Waals surface area contributed by atoms with E-state index in [1.165, 1.54) is 11.1 Å². The van der Waals surface area contributed by atoms with E-state index in [1.54, 1.807) is 0 Å². The van der Waals surface area contributed by atoms with Crippen LogP contribution in [0.4, 0.5) is 0 Å². The van der Waals surface area contributed by atoms with Gasteiger partial charge in [-0.25, -0.2) is 0 Å². The Bertz CT molecular complexity index is 490. The van der Waals surface area contributed by atoms with E-state index >= 15 is 0 Å². The van der Waals surface area contributed by atoms with Crippen LogP contribution in [0.15, 0.2) is 24.3 Å². The van der Waals surface area contributed by atoms with E-state index in [0.29, 0.717) is 0 Å². The van der Waals surface area contributed by atoms with E-state index in [4.69, 9.17) is 0 Å². The van der Waals surface area contributed by atoms with Gasteiger partial charge in [0.25, 0.3) is 0 Å². The van der Waals surface area contributed by atoms with Crippen LogP contribution in [0.25, 0.3) is 0 Å². The molecule has 1 amide bonds. The third-order valence-electron chi connectivity index (χ3n) is 4.03. The first kappa shape index (κ1) is 16.0. The number of piperidine rings is 1. The van der Waals surface area contributed by atoms with Crippen LogP contribution in [-0.4, -0.2) is 29.4 Å². The monoisotopic (exact) mass is 288 g/mol. The summed E-state index contributed by atoms with van der Waals surface area (Å²) < 4.78 is 0. The molecule has 1 saturated heterocycles. The molecule has 0 aliphatic carbocycles. The normalized spacial score (nSPS) is 20.3. The Kier molecular flexibility index (Phi) is 5.04. The van der Waals surface area contributed by atoms with Gasteiger partial charge >= 0.3 is 0 Å². The summed E-state index contributed by atoms with van der Waals surface area (Å²) in [6.07, 6.45) is 2.11. The van der Waals surface area contributed by atoms with Gasteiger partial charge in [-0.1, -0.05) is 24.3 Å². The Morgan fingerprint density at radius 2 is 2.05 bits per heavy atom. The molecule has 1 aliphatic heterocycles. The first-order valence-electron chi connectivity index (χ1n) is 7.94. The molecular formula is C18H28N2O. The van der Waals surface area contributed by atoms with Gasteiger partial charge < -0.3 is 5.32 Å². The van der Waals surface area contributed by atoms with E-state index in [2.05, 4.69) is 41.4 Å². The smallest absolute Gasteiger partial charge is 0.224 e. The average molecular weight is 288 g/mol. The second-order valence-corrected chi connectivity index (χ2v) is 7.24. The van der Waals surface area contributed by atoms with Gasteiger partial charge in [0.2, 0.25) is 5.91 Å². The van der Waals surface area contributed by atoms with Gasteiger partial charge in [0, 0.05) is 18.6 Å². The van der Waals surface area contributed by atoms with Crippen LogP contribution in [0.1, 0.15) is 44.7 Å². The van der Waals surface area contributed by atoms with Crippen LogP contribution in [0.2, 0.25) is 0 Å². The van der Waals surface area contributed by atoms with E-state index in [-0.39, 0.29) is 17.4 Å². The molecule has 1 N–H and O–H groups in total. The van der Waals surface area contributed by atoms with Gasteiger partial charge in [-0.3, -0.25) is 9.69 Å². The van der Waals surface area contributed by atoms with Crippen LogP contribution >= 0.6 is 0 Å². The minimum atomic E-state index is -0.143. The number of carbonyl (C=O) groups excluding carboxylic acids is 1. The minimum absolute atomic E-state index is 0.127. The van der Waals surface area contributed by atoms with Crippen molar-refractivity contribution in [3.05, 3.63) is 35.4 Å². The molecule has 3 nitrogen and oxygen atoms in total. The third kappa shape index (κ3) is 4.85. The lowest BCUT2D eigenvalue weighted by molar-refractivity contribution is -0.128. The maximum atomic E-state index is 12.3. The second kappa shape index (κ2) is 6.61. The van der Waals surface area contributed by atoms with Crippen molar-refractivity contribution >= 4 is 5.91 Å². The summed E-state index contributed by atoms with van der Waals surface area (Å²) in [5.74, 6) is 0.332. The van der Waals surface area contributed by atoms with Crippen molar-refractivity contribution in [1.29, 1.82) is 0 Å². The standard InChI is InChI=1S/C18H28N2O/c1-14-8-5-6-9-15(14)12-20-11-7-10-16(13-20)17(21)19-18(2,3)4/h5-6,8-9,16H,7,10-13H2,1-4H3,(H,19,21). The average Bonchev–Trinajstić information content (AvgIpc) is 2.40. The number of aryl methyl sites for hydroxylation is 1. The lowest BCUT2D eigenvalue weighted by Gasteiger charge is -2.34. The summed E-state index contributed by atoms with van der Waals surface area (Å²) >= 11 is 0. The molecule has 1 fully saturated rings. The number of rotatable bonds is 3. The molecule has 1 atom stereocenters. The van der Waals surface area contributed by atoms with Crippen LogP contribution < -0.4 is 5.32 Å². The fourth-order valence-electron chi connectivity index (χ4n) is 2.91. The number of hydrogen-bond donors (Lipinski definition) is 1. The van der Waals surface area contributed by atoms with Crippen LogP contribution in [0.5, 0.6) is 0 Å². The fraction of sp³-hybridized carbons (Fsp3) is 0.611. The summed E-state index contributed by atoms with van der Waals surface area (Å²) in [4.78, 5) is 14.8. The first-order chi connectivity index (χ1) is 9.85. The van der Waals surface area contributed by atoms with Crippen LogP contribution in [-0.2, 0) is 11.3 Å². The molecule has 0 spiro atoms. The van der Waals surface area contributed by atoms with Gasteiger partial charge in [-0.05, 0) is 58.2 Å². The zero-order valence-electron chi connectivity index (χ0n) is 13.8. The molecule has 1 aromatic carbocycles. The van der Waals surface area contributed by atoms with Gasteiger partial charge in [0.1, 0.15) is 0 Å². The minimum Gasteiger partial charge on any atom is -0.351 e. The molecule has 0 bridgehead atoms. The number of benzene rings is 1. The molecule has 1 aliphatic rings. The highest BCUT2D eigenvalue weighted by atomic mass is 16.2. The predicted molar refractivity (Wildman–Crippen MR) is 87.1 cm³/mol. The largest absolute Gasteiger partial charge is 0.351 e. The van der Waals surface area contributed by atoms with Crippen molar-refractivity contribution in [2.24, 2.45) is 5.92 Å². The molecule has 0 aromatic heterocycles. The summed E-state index contributed by atoms with van der Waals surface area (Å²) in [7, 11) is 0. The predicted octanol–water partition coefficient (Wildman–Crippen LogP) is 3.12. The molecule has 0 saturated carbocycles. The van der Waals surface area contributed by atoms with Crippen molar-refractivity contribution in [3.8, 4) is 0 Å². The van der Waals surface area contributed by atoms with Crippen LogP contribution in [0, 0.1) is 12.8 Å². The Hall–Kier alpha value is -1.35. The Labute approximate surface area is 128 Å². The molecule has 116 valence electrons. The van der Waals surface area contributed by atoms with Gasteiger partial charge in [-0.2, -0.15) is 0 Å². The number of nitrogens with zero attached hydrogens (tertiary/aromatic N) is 1. The molecule has 21 heavy (non-hydrogen) atoms. The number of hydrogen-bond acceptors (Lipinski definition) is 2. The lowest BCUT2D eigenvalue weighted by atomic mass is 9.95. The van der Waals surface area contributed by atoms with E-state index < -0.39 is 0 Å². The molecule has 3 heteroatoms. The maximum Gasteiger partial charge on any atom is 0.224 e. The first-order valence-corrected chi connectivity index (χ1v) is 7.94. The van der Waals surface area contributed by atoms with Crippen molar-refractivity contribution in [1.82, 2.24) is 10.2 Å². The fourth-order valence-corrected chi connectivity index (χ4v) is 2.91. The Morgan fingerprint density at radius 1 is 1.33 bits per heavy atom. The highest BCUT2D eigenvalue weighted by Gasteiger charge is 2.28. The van der Waals surface area contributed by atoms with E-state index in [9.17, 15) is 4.79 Å². The molecule has 1 aromatic rings. The third-order valence-corrected chi connectivity index (χ3v) is 4.03. The molecule has 2 rings (SSSR count). The Morgan fingerprint density at radius 3 is 2.71 bits per heavy atom. The maximum absolute atomic E-state index is 12.3. The quantitative estimate of drug-likeness (QED) is 0.927. The molecule has 1 unspecified atom stereocenters. The van der Waals surface area contributed by atoms with E-state index in [0.717, 1.165) is 32.5 Å². The molecule has 1 heterocycles. The highest BCUT2D eigenvalue weighted by Crippen LogP contribution is 2.20.